The number of aromatic nitrogens is 1. The first-order valence-corrected chi connectivity index (χ1v) is 9.74. The van der Waals surface area contributed by atoms with E-state index >= 15 is 0 Å². The van der Waals surface area contributed by atoms with E-state index in [1.807, 2.05) is 69.3 Å². The van der Waals surface area contributed by atoms with Crippen molar-refractivity contribution in [2.75, 3.05) is 11.1 Å². The molecule has 0 atom stereocenters. The van der Waals surface area contributed by atoms with E-state index in [2.05, 4.69) is 15.6 Å². The van der Waals surface area contributed by atoms with Crippen molar-refractivity contribution in [3.05, 3.63) is 77.9 Å². The van der Waals surface area contributed by atoms with Gasteiger partial charge in [-0.1, -0.05) is 63.2 Å². The van der Waals surface area contributed by atoms with Crippen molar-refractivity contribution in [1.29, 1.82) is 0 Å². The Bertz CT molecular complexity index is 1040. The first-order chi connectivity index (χ1) is 14.2. The van der Waals surface area contributed by atoms with Crippen LogP contribution in [0, 0.1) is 5.41 Å². The van der Waals surface area contributed by atoms with E-state index in [-0.39, 0.29) is 11.8 Å². The number of amides is 2. The van der Waals surface area contributed by atoms with Gasteiger partial charge in [0, 0.05) is 23.1 Å². The molecule has 6 nitrogen and oxygen atoms in total. The summed E-state index contributed by atoms with van der Waals surface area (Å²) in [5, 5.41) is 5.67. The summed E-state index contributed by atoms with van der Waals surface area (Å²) >= 11 is 0. The van der Waals surface area contributed by atoms with E-state index in [0.717, 1.165) is 16.8 Å². The number of carbonyl (C=O) groups excluding carboxylic acids is 2. The molecule has 0 spiro atoms. The molecule has 0 bridgehead atoms. The van der Waals surface area contributed by atoms with Crippen molar-refractivity contribution in [2.45, 2.75) is 27.3 Å². The topological polar surface area (TPSA) is 97.1 Å². The molecular weight excluding hydrogens is 376 g/mol. The normalized spacial score (nSPS) is 11.0. The van der Waals surface area contributed by atoms with Crippen LogP contribution in [-0.4, -0.2) is 16.8 Å². The maximum Gasteiger partial charge on any atom is 0.256 e. The number of nitrogens with zero attached hydrogens (tertiary/aromatic N) is 1. The van der Waals surface area contributed by atoms with Gasteiger partial charge in [-0.3, -0.25) is 9.59 Å². The van der Waals surface area contributed by atoms with Crippen molar-refractivity contribution in [1.82, 2.24) is 10.3 Å². The fraction of sp³-hybridized carbons (Fsp3) is 0.208. The first-order valence-electron chi connectivity index (χ1n) is 9.74. The lowest BCUT2D eigenvalue weighted by atomic mass is 9.95. The summed E-state index contributed by atoms with van der Waals surface area (Å²) in [6.07, 6.45) is 0. The maximum absolute atomic E-state index is 12.6. The Kier molecular flexibility index (Phi) is 6.16. The predicted octanol–water partition coefficient (Wildman–Crippen LogP) is 4.25. The minimum Gasteiger partial charge on any atom is -0.396 e. The fourth-order valence-electron chi connectivity index (χ4n) is 2.74. The highest BCUT2D eigenvalue weighted by molar-refractivity contribution is 6.05. The Balaban J connectivity index is 1.68. The van der Waals surface area contributed by atoms with E-state index in [4.69, 9.17) is 5.73 Å². The average Bonchev–Trinajstić information content (AvgIpc) is 2.73. The van der Waals surface area contributed by atoms with Crippen LogP contribution in [0.4, 0.5) is 11.5 Å². The highest BCUT2D eigenvalue weighted by Gasteiger charge is 2.20. The SMILES string of the molecule is CC(C)(C)C(=O)NCc1ccc(C(=O)Nc2nc(-c3ccccc3)ccc2N)cc1. The third kappa shape index (κ3) is 5.23. The number of anilines is 2. The Morgan fingerprint density at radius 1 is 0.933 bits per heavy atom. The number of pyridine rings is 1. The molecule has 1 heterocycles. The average molecular weight is 402 g/mol. The van der Waals surface area contributed by atoms with Gasteiger partial charge in [0.15, 0.2) is 5.82 Å². The molecule has 0 unspecified atom stereocenters. The van der Waals surface area contributed by atoms with Gasteiger partial charge in [0.25, 0.3) is 5.91 Å². The number of nitrogen functional groups attached to an aromatic ring is 1. The van der Waals surface area contributed by atoms with Gasteiger partial charge in [0.05, 0.1) is 11.4 Å². The summed E-state index contributed by atoms with van der Waals surface area (Å²) < 4.78 is 0. The second-order valence-electron chi connectivity index (χ2n) is 8.08. The quantitative estimate of drug-likeness (QED) is 0.594. The first kappa shape index (κ1) is 21.0. The number of nitrogens with two attached hydrogens (primary N) is 1. The highest BCUT2D eigenvalue weighted by Crippen LogP contribution is 2.23. The largest absolute Gasteiger partial charge is 0.396 e. The van der Waals surface area contributed by atoms with Gasteiger partial charge >= 0.3 is 0 Å². The van der Waals surface area contributed by atoms with Crippen LogP contribution in [0.1, 0.15) is 36.7 Å². The summed E-state index contributed by atoms with van der Waals surface area (Å²) in [4.78, 5) is 29.1. The van der Waals surface area contributed by atoms with E-state index < -0.39 is 5.41 Å². The van der Waals surface area contributed by atoms with Gasteiger partial charge in [0.1, 0.15) is 0 Å². The summed E-state index contributed by atoms with van der Waals surface area (Å²) in [5.41, 5.74) is 9.01. The monoisotopic (exact) mass is 402 g/mol. The zero-order chi connectivity index (χ0) is 21.7. The summed E-state index contributed by atoms with van der Waals surface area (Å²) in [6, 6.07) is 20.3. The Hall–Kier alpha value is -3.67. The van der Waals surface area contributed by atoms with Crippen molar-refractivity contribution in [2.24, 2.45) is 5.41 Å². The number of carbonyl (C=O) groups is 2. The van der Waals surface area contributed by atoms with Crippen LogP contribution in [0.3, 0.4) is 0 Å². The van der Waals surface area contributed by atoms with Crippen molar-refractivity contribution in [3.63, 3.8) is 0 Å². The lowest BCUT2D eigenvalue weighted by molar-refractivity contribution is -0.128. The molecule has 1 aromatic heterocycles. The van der Waals surface area contributed by atoms with E-state index in [9.17, 15) is 9.59 Å². The number of nitrogens with one attached hydrogen (secondary N) is 2. The molecule has 30 heavy (non-hydrogen) atoms. The van der Waals surface area contributed by atoms with Crippen molar-refractivity contribution < 1.29 is 9.59 Å². The van der Waals surface area contributed by atoms with Gasteiger partial charge in [-0.05, 0) is 29.8 Å². The molecule has 3 aromatic rings. The number of rotatable bonds is 5. The summed E-state index contributed by atoms with van der Waals surface area (Å²) in [7, 11) is 0. The van der Waals surface area contributed by atoms with Crippen LogP contribution in [0.15, 0.2) is 66.7 Å². The number of hydrogen-bond acceptors (Lipinski definition) is 4. The third-order valence-corrected chi connectivity index (χ3v) is 4.58. The lowest BCUT2D eigenvalue weighted by Gasteiger charge is -2.17. The van der Waals surface area contributed by atoms with Gasteiger partial charge < -0.3 is 16.4 Å². The zero-order valence-electron chi connectivity index (χ0n) is 17.4. The smallest absolute Gasteiger partial charge is 0.256 e. The summed E-state index contributed by atoms with van der Waals surface area (Å²) in [6.45, 7) is 6.00. The van der Waals surface area contributed by atoms with Gasteiger partial charge in [0.2, 0.25) is 5.91 Å². The van der Waals surface area contributed by atoms with E-state index in [1.54, 1.807) is 18.2 Å². The molecule has 4 N–H and O–H groups in total. The van der Waals surface area contributed by atoms with Crippen LogP contribution in [0.2, 0.25) is 0 Å². The summed E-state index contributed by atoms with van der Waals surface area (Å²) in [5.74, 6) is -0.00303. The molecule has 0 aliphatic heterocycles. The minimum atomic E-state index is -0.443. The molecule has 2 aromatic carbocycles. The second-order valence-corrected chi connectivity index (χ2v) is 8.08. The molecule has 0 saturated heterocycles. The van der Waals surface area contributed by atoms with Crippen LogP contribution in [0.25, 0.3) is 11.3 Å². The Morgan fingerprint density at radius 3 is 2.23 bits per heavy atom. The molecule has 6 heteroatoms. The molecular formula is C24H26N4O2. The second kappa shape index (κ2) is 8.78. The van der Waals surface area contributed by atoms with Crippen LogP contribution in [0.5, 0.6) is 0 Å². The third-order valence-electron chi connectivity index (χ3n) is 4.58. The minimum absolute atomic E-state index is 0.0239. The van der Waals surface area contributed by atoms with Gasteiger partial charge in [-0.2, -0.15) is 0 Å². The van der Waals surface area contributed by atoms with Gasteiger partial charge in [-0.25, -0.2) is 4.98 Å². The number of benzene rings is 2. The Morgan fingerprint density at radius 2 is 1.60 bits per heavy atom. The lowest BCUT2D eigenvalue weighted by Crippen LogP contribution is -2.34. The van der Waals surface area contributed by atoms with Crippen LogP contribution in [-0.2, 0) is 11.3 Å². The van der Waals surface area contributed by atoms with E-state index in [1.165, 1.54) is 0 Å². The Labute approximate surface area is 176 Å². The highest BCUT2D eigenvalue weighted by atomic mass is 16.2. The molecule has 0 aliphatic rings. The molecule has 0 saturated carbocycles. The molecule has 3 rings (SSSR count). The fourth-order valence-corrected chi connectivity index (χ4v) is 2.74. The van der Waals surface area contributed by atoms with E-state index in [0.29, 0.717) is 23.6 Å². The molecule has 0 radical (unpaired) electrons. The molecule has 0 fully saturated rings. The number of hydrogen-bond donors (Lipinski definition) is 3. The molecule has 0 aliphatic carbocycles. The zero-order valence-corrected chi connectivity index (χ0v) is 17.4. The maximum atomic E-state index is 12.6. The predicted molar refractivity (Wildman–Crippen MR) is 120 cm³/mol. The van der Waals surface area contributed by atoms with Crippen molar-refractivity contribution >= 4 is 23.3 Å². The van der Waals surface area contributed by atoms with Crippen molar-refractivity contribution in [3.8, 4) is 11.3 Å². The van der Waals surface area contributed by atoms with Gasteiger partial charge in [-0.15, -0.1) is 0 Å². The molecule has 2 amide bonds. The van der Waals surface area contributed by atoms with Crippen LogP contribution >= 0.6 is 0 Å². The standard InChI is InChI=1S/C24H26N4O2/c1-24(2,3)23(30)26-15-16-9-11-18(12-10-16)22(29)28-21-19(25)13-14-20(27-21)17-7-5-4-6-8-17/h4-14H,15,25H2,1-3H3,(H,26,30)(H,27,28,29). The molecule has 154 valence electrons. The van der Waals surface area contributed by atoms with Crippen LogP contribution < -0.4 is 16.4 Å².